The van der Waals surface area contributed by atoms with Crippen LogP contribution in [-0.2, 0) is 0 Å². The Balaban J connectivity index is 2.26. The maximum atomic E-state index is 11.8. The highest BCUT2D eigenvalue weighted by Gasteiger charge is 2.19. The number of nitrogens with zero attached hydrogens (tertiary/aromatic N) is 4. The van der Waals surface area contributed by atoms with Crippen molar-refractivity contribution in [2.24, 2.45) is 4.99 Å². The summed E-state index contributed by atoms with van der Waals surface area (Å²) in [4.78, 5) is 18.2. The Morgan fingerprint density at radius 3 is 2.48 bits per heavy atom. The van der Waals surface area contributed by atoms with Crippen LogP contribution in [0.5, 0.6) is 0 Å². The van der Waals surface area contributed by atoms with E-state index in [0.717, 1.165) is 23.1 Å². The normalized spacial score (nSPS) is 11.0. The molecule has 5 nitrogen and oxygen atoms in total. The monoisotopic (exact) mass is 332 g/mol. The molecule has 1 aromatic heterocycles. The summed E-state index contributed by atoms with van der Waals surface area (Å²) in [6.45, 7) is 2.02. The summed E-state index contributed by atoms with van der Waals surface area (Å²) in [5, 5.41) is 4.69. The van der Waals surface area contributed by atoms with Crippen LogP contribution in [0.1, 0.15) is 15.9 Å². The molecule has 25 heavy (non-hydrogen) atoms. The van der Waals surface area contributed by atoms with Crippen LogP contribution in [0.15, 0.2) is 59.6 Å². The summed E-state index contributed by atoms with van der Waals surface area (Å²) < 4.78 is 1.72. The Bertz CT molecular complexity index is 911. The molecule has 0 spiro atoms. The third-order valence-electron chi connectivity index (χ3n) is 3.72. The van der Waals surface area contributed by atoms with Gasteiger partial charge in [-0.15, -0.1) is 0 Å². The fourth-order valence-corrected chi connectivity index (χ4v) is 2.57. The van der Waals surface area contributed by atoms with Gasteiger partial charge in [-0.05, 0) is 24.6 Å². The highest BCUT2D eigenvalue weighted by molar-refractivity contribution is 5.92. The van der Waals surface area contributed by atoms with E-state index in [1.54, 1.807) is 11.0 Å². The van der Waals surface area contributed by atoms with Crippen LogP contribution in [0, 0.1) is 6.92 Å². The molecule has 5 heteroatoms. The predicted molar refractivity (Wildman–Crippen MR) is 101 cm³/mol. The second kappa shape index (κ2) is 7.13. The molecule has 0 N–H and O–H groups in total. The number of aliphatic imine (C=N–C) groups is 1. The van der Waals surface area contributed by atoms with Crippen LogP contribution in [0.2, 0.25) is 0 Å². The smallest absolute Gasteiger partial charge is 0.168 e. The molecule has 1 heterocycles. The predicted octanol–water partition coefficient (Wildman–Crippen LogP) is 3.88. The van der Waals surface area contributed by atoms with Crippen LogP contribution in [0.25, 0.3) is 16.9 Å². The minimum atomic E-state index is 0.478. The lowest BCUT2D eigenvalue weighted by Crippen LogP contribution is -2.08. The largest absolute Gasteiger partial charge is 0.369 e. The van der Waals surface area contributed by atoms with Gasteiger partial charge in [0, 0.05) is 19.7 Å². The molecular weight excluding hydrogens is 312 g/mol. The second-order valence-electron chi connectivity index (χ2n) is 6.03. The number of benzene rings is 2. The summed E-state index contributed by atoms with van der Waals surface area (Å²) >= 11 is 0. The molecule has 3 rings (SSSR count). The van der Waals surface area contributed by atoms with Crippen LogP contribution in [0.3, 0.4) is 0 Å². The minimum absolute atomic E-state index is 0.478. The quantitative estimate of drug-likeness (QED) is 0.405. The maximum Gasteiger partial charge on any atom is 0.168 e. The molecule has 0 radical (unpaired) electrons. The minimum Gasteiger partial charge on any atom is -0.369 e. The number of aryl methyl sites for hydroxylation is 1. The van der Waals surface area contributed by atoms with Gasteiger partial charge >= 0.3 is 0 Å². The van der Waals surface area contributed by atoms with Crippen LogP contribution in [-0.4, -0.2) is 41.4 Å². The van der Waals surface area contributed by atoms with E-state index in [-0.39, 0.29) is 0 Å². The Morgan fingerprint density at radius 2 is 1.84 bits per heavy atom. The van der Waals surface area contributed by atoms with Gasteiger partial charge in [0.05, 0.1) is 17.6 Å². The SMILES string of the molecule is Cc1cccc(-n2nc(-c3ccccc3)c(C=O)c2/N=C/N(C)C)c1. The Kier molecular flexibility index (Phi) is 4.75. The highest BCUT2D eigenvalue weighted by Crippen LogP contribution is 2.31. The first-order valence-electron chi connectivity index (χ1n) is 8.01. The van der Waals surface area contributed by atoms with E-state index in [9.17, 15) is 4.79 Å². The van der Waals surface area contributed by atoms with E-state index in [4.69, 9.17) is 5.10 Å². The summed E-state index contributed by atoms with van der Waals surface area (Å²) in [6.07, 6.45) is 2.50. The fourth-order valence-electron chi connectivity index (χ4n) is 2.57. The Hall–Kier alpha value is -3.21. The summed E-state index contributed by atoms with van der Waals surface area (Å²) in [5.41, 5.74) is 3.98. The van der Waals surface area contributed by atoms with Gasteiger partial charge in [0.1, 0.15) is 5.69 Å². The van der Waals surface area contributed by atoms with Crippen molar-refractivity contribution >= 4 is 18.4 Å². The van der Waals surface area contributed by atoms with Crippen molar-refractivity contribution in [1.82, 2.24) is 14.7 Å². The standard InChI is InChI=1S/C20H20N4O/c1-15-8-7-11-17(12-15)24-20(21-14-23(2)3)18(13-25)19(22-24)16-9-5-4-6-10-16/h4-14H,1-3H3/b21-14+. The molecule has 0 bridgehead atoms. The van der Waals surface area contributed by atoms with Gasteiger partial charge in [0.15, 0.2) is 12.1 Å². The molecular formula is C20H20N4O. The molecule has 2 aromatic carbocycles. The van der Waals surface area contributed by atoms with Gasteiger partial charge in [0.25, 0.3) is 0 Å². The van der Waals surface area contributed by atoms with Gasteiger partial charge < -0.3 is 4.90 Å². The molecule has 126 valence electrons. The zero-order valence-electron chi connectivity index (χ0n) is 14.5. The third kappa shape index (κ3) is 3.50. The topological polar surface area (TPSA) is 50.5 Å². The summed E-state index contributed by atoms with van der Waals surface area (Å²) in [5.74, 6) is 0.521. The van der Waals surface area contributed by atoms with Crippen molar-refractivity contribution in [2.75, 3.05) is 14.1 Å². The molecule has 0 amide bonds. The number of rotatable bonds is 5. The van der Waals surface area contributed by atoms with E-state index in [0.29, 0.717) is 17.1 Å². The molecule has 0 saturated carbocycles. The third-order valence-corrected chi connectivity index (χ3v) is 3.72. The van der Waals surface area contributed by atoms with Crippen molar-refractivity contribution < 1.29 is 4.79 Å². The summed E-state index contributed by atoms with van der Waals surface area (Å²) in [7, 11) is 3.77. The number of aldehydes is 1. The first-order chi connectivity index (χ1) is 12.1. The Labute approximate surface area is 147 Å². The average molecular weight is 332 g/mol. The van der Waals surface area contributed by atoms with Crippen molar-refractivity contribution in [3.8, 4) is 16.9 Å². The Morgan fingerprint density at radius 1 is 1.08 bits per heavy atom. The molecule has 0 aliphatic heterocycles. The van der Waals surface area contributed by atoms with Crippen molar-refractivity contribution in [2.45, 2.75) is 6.92 Å². The van der Waals surface area contributed by atoms with Gasteiger partial charge in [-0.2, -0.15) is 5.10 Å². The lowest BCUT2D eigenvalue weighted by molar-refractivity contribution is 0.112. The van der Waals surface area contributed by atoms with E-state index >= 15 is 0 Å². The molecule has 0 aliphatic carbocycles. The maximum absolute atomic E-state index is 11.8. The molecule has 0 fully saturated rings. The van der Waals surface area contributed by atoms with Crippen molar-refractivity contribution in [3.05, 3.63) is 65.7 Å². The first kappa shape index (κ1) is 16.6. The average Bonchev–Trinajstić information content (AvgIpc) is 2.99. The van der Waals surface area contributed by atoms with Gasteiger partial charge in [-0.25, -0.2) is 9.67 Å². The molecule has 0 saturated heterocycles. The zero-order valence-corrected chi connectivity index (χ0v) is 14.5. The molecule has 3 aromatic rings. The number of hydrogen-bond donors (Lipinski definition) is 0. The van der Waals surface area contributed by atoms with E-state index in [1.807, 2.05) is 80.5 Å². The van der Waals surface area contributed by atoms with Crippen LogP contribution < -0.4 is 0 Å². The van der Waals surface area contributed by atoms with Crippen molar-refractivity contribution in [1.29, 1.82) is 0 Å². The lowest BCUT2D eigenvalue weighted by Gasteiger charge is -2.07. The van der Waals surface area contributed by atoms with E-state index in [2.05, 4.69) is 4.99 Å². The zero-order chi connectivity index (χ0) is 17.8. The number of hydrogen-bond acceptors (Lipinski definition) is 3. The van der Waals surface area contributed by atoms with E-state index < -0.39 is 0 Å². The van der Waals surface area contributed by atoms with Crippen LogP contribution >= 0.6 is 0 Å². The first-order valence-corrected chi connectivity index (χ1v) is 8.01. The molecule has 0 atom stereocenters. The molecule has 0 unspecified atom stereocenters. The number of aromatic nitrogens is 2. The number of carbonyl (C=O) groups is 1. The van der Waals surface area contributed by atoms with Crippen LogP contribution in [0.4, 0.5) is 5.82 Å². The van der Waals surface area contributed by atoms with E-state index in [1.165, 1.54) is 0 Å². The van der Waals surface area contributed by atoms with Gasteiger partial charge in [0.2, 0.25) is 0 Å². The van der Waals surface area contributed by atoms with Gasteiger partial charge in [-0.3, -0.25) is 4.79 Å². The second-order valence-corrected chi connectivity index (χ2v) is 6.03. The highest BCUT2D eigenvalue weighted by atomic mass is 16.1. The number of carbonyl (C=O) groups excluding carboxylic acids is 1. The fraction of sp³-hybridized carbons (Fsp3) is 0.150. The van der Waals surface area contributed by atoms with Gasteiger partial charge in [-0.1, -0.05) is 42.5 Å². The van der Waals surface area contributed by atoms with Crippen molar-refractivity contribution in [3.63, 3.8) is 0 Å². The molecule has 0 aliphatic rings. The lowest BCUT2D eigenvalue weighted by atomic mass is 10.1. The summed E-state index contributed by atoms with van der Waals surface area (Å²) in [6, 6.07) is 17.6.